The predicted molar refractivity (Wildman–Crippen MR) is 93.0 cm³/mol. The average Bonchev–Trinajstić information content (AvgIpc) is 3.10. The monoisotopic (exact) mass is 351 g/mol. The first-order chi connectivity index (χ1) is 10.6. The number of aromatic nitrogens is 2. The molecule has 0 saturated heterocycles. The number of carbonyl (C=O) groups is 1. The normalized spacial score (nSPS) is 11.0. The summed E-state index contributed by atoms with van der Waals surface area (Å²) in [4.78, 5) is 17.7. The van der Waals surface area contributed by atoms with Gasteiger partial charge >= 0.3 is 0 Å². The molecule has 3 aromatic rings. The van der Waals surface area contributed by atoms with E-state index in [2.05, 4.69) is 10.3 Å². The smallest absolute Gasteiger partial charge is 0.268 e. The number of benzene rings is 1. The highest BCUT2D eigenvalue weighted by Gasteiger charge is 2.13. The first kappa shape index (κ1) is 15.4. The third-order valence-electron chi connectivity index (χ3n) is 3.37. The average molecular weight is 352 g/mol. The second kappa shape index (κ2) is 6.32. The van der Waals surface area contributed by atoms with E-state index in [0.717, 1.165) is 20.1 Å². The van der Waals surface area contributed by atoms with Crippen molar-refractivity contribution in [2.24, 2.45) is 7.05 Å². The molecule has 0 atom stereocenters. The quantitative estimate of drug-likeness (QED) is 0.724. The molecular formula is C15H14ClN3OS2. The van der Waals surface area contributed by atoms with Gasteiger partial charge in [0.25, 0.3) is 5.91 Å². The minimum Gasteiger partial charge on any atom is -0.346 e. The lowest BCUT2D eigenvalue weighted by molar-refractivity contribution is 0.0943. The van der Waals surface area contributed by atoms with Crippen LogP contribution in [0.3, 0.4) is 0 Å². The number of halogens is 1. The Morgan fingerprint density at radius 2 is 2.27 bits per heavy atom. The van der Waals surface area contributed by atoms with Crippen molar-refractivity contribution in [3.8, 4) is 0 Å². The topological polar surface area (TPSA) is 46.9 Å². The molecule has 0 aliphatic heterocycles. The molecule has 0 spiro atoms. The maximum atomic E-state index is 12.4. The van der Waals surface area contributed by atoms with Crippen molar-refractivity contribution in [2.75, 3.05) is 6.26 Å². The Labute approximate surface area is 141 Å². The molecule has 7 heteroatoms. The van der Waals surface area contributed by atoms with Gasteiger partial charge in [0.2, 0.25) is 0 Å². The van der Waals surface area contributed by atoms with E-state index in [4.69, 9.17) is 11.6 Å². The number of nitrogens with one attached hydrogen (secondary N) is 1. The van der Waals surface area contributed by atoms with Gasteiger partial charge in [-0.2, -0.15) is 0 Å². The summed E-state index contributed by atoms with van der Waals surface area (Å²) in [6.07, 6.45) is 3.79. The Morgan fingerprint density at radius 3 is 3.00 bits per heavy atom. The zero-order valence-electron chi connectivity index (χ0n) is 12.1. The van der Waals surface area contributed by atoms with Crippen LogP contribution < -0.4 is 5.32 Å². The highest BCUT2D eigenvalue weighted by molar-refractivity contribution is 8.00. The summed E-state index contributed by atoms with van der Waals surface area (Å²) in [5.41, 5.74) is 1.56. The van der Waals surface area contributed by atoms with Crippen molar-refractivity contribution >= 4 is 51.5 Å². The van der Waals surface area contributed by atoms with E-state index >= 15 is 0 Å². The minimum atomic E-state index is -0.103. The van der Waals surface area contributed by atoms with Crippen LogP contribution in [-0.4, -0.2) is 21.7 Å². The molecule has 1 N–H and O–H groups in total. The van der Waals surface area contributed by atoms with Crippen molar-refractivity contribution in [3.63, 3.8) is 0 Å². The SMILES string of the molecule is CSc1ncc(CNC(=O)c2cc3ccc(Cl)cc3n2C)s1. The number of thioether (sulfide) groups is 1. The number of amides is 1. The Hall–Kier alpha value is -1.50. The van der Waals surface area contributed by atoms with Gasteiger partial charge in [0.05, 0.1) is 6.54 Å². The fraction of sp³-hybridized carbons (Fsp3) is 0.200. The first-order valence-electron chi connectivity index (χ1n) is 6.60. The van der Waals surface area contributed by atoms with Gasteiger partial charge in [0.1, 0.15) is 10.0 Å². The fourth-order valence-corrected chi connectivity index (χ4v) is 3.80. The molecule has 2 aromatic heterocycles. The van der Waals surface area contributed by atoms with E-state index in [1.807, 2.05) is 42.1 Å². The van der Waals surface area contributed by atoms with E-state index in [-0.39, 0.29) is 5.91 Å². The molecule has 0 aliphatic rings. The molecule has 1 aromatic carbocycles. The molecule has 0 saturated carbocycles. The number of nitrogens with zero attached hydrogens (tertiary/aromatic N) is 2. The maximum Gasteiger partial charge on any atom is 0.268 e. The molecule has 0 bridgehead atoms. The van der Waals surface area contributed by atoms with Crippen LogP contribution in [0, 0.1) is 0 Å². The van der Waals surface area contributed by atoms with Crippen molar-refractivity contribution in [1.82, 2.24) is 14.9 Å². The van der Waals surface area contributed by atoms with Gasteiger partial charge in [0.15, 0.2) is 0 Å². The van der Waals surface area contributed by atoms with Crippen LogP contribution >= 0.6 is 34.7 Å². The van der Waals surface area contributed by atoms with Crippen molar-refractivity contribution < 1.29 is 4.79 Å². The van der Waals surface area contributed by atoms with E-state index < -0.39 is 0 Å². The van der Waals surface area contributed by atoms with Crippen LogP contribution in [-0.2, 0) is 13.6 Å². The number of carbonyl (C=O) groups excluding carboxylic acids is 1. The van der Waals surface area contributed by atoms with Crippen LogP contribution in [0.15, 0.2) is 34.8 Å². The highest BCUT2D eigenvalue weighted by Crippen LogP contribution is 2.23. The number of aryl methyl sites for hydroxylation is 1. The summed E-state index contributed by atoms with van der Waals surface area (Å²) in [6, 6.07) is 7.48. The van der Waals surface area contributed by atoms with Gasteiger partial charge in [-0.15, -0.1) is 11.3 Å². The van der Waals surface area contributed by atoms with E-state index in [9.17, 15) is 4.79 Å². The standard InChI is InChI=1S/C15H14ClN3OS2/c1-19-12-6-10(16)4-3-9(12)5-13(19)14(20)17-7-11-8-18-15(21-2)22-11/h3-6,8H,7H2,1-2H3,(H,17,20). The number of thiazole rings is 1. The Kier molecular flexibility index (Phi) is 4.42. The van der Waals surface area contributed by atoms with Gasteiger partial charge in [-0.05, 0) is 24.5 Å². The predicted octanol–water partition coefficient (Wildman–Crippen LogP) is 3.94. The number of fused-ring (bicyclic) bond motifs is 1. The molecular weight excluding hydrogens is 338 g/mol. The van der Waals surface area contributed by atoms with Crippen LogP contribution in [0.5, 0.6) is 0 Å². The zero-order chi connectivity index (χ0) is 15.7. The molecule has 0 unspecified atom stereocenters. The van der Waals surface area contributed by atoms with E-state index in [1.54, 1.807) is 29.3 Å². The number of hydrogen-bond acceptors (Lipinski definition) is 4. The van der Waals surface area contributed by atoms with Gasteiger partial charge in [-0.1, -0.05) is 29.4 Å². The molecule has 4 nitrogen and oxygen atoms in total. The Balaban J connectivity index is 1.78. The molecule has 2 heterocycles. The van der Waals surface area contributed by atoms with Gasteiger partial charge < -0.3 is 9.88 Å². The van der Waals surface area contributed by atoms with Gasteiger partial charge in [0, 0.05) is 34.0 Å². The molecule has 1 amide bonds. The lowest BCUT2D eigenvalue weighted by Gasteiger charge is -2.05. The van der Waals surface area contributed by atoms with E-state index in [1.165, 1.54) is 0 Å². The van der Waals surface area contributed by atoms with E-state index in [0.29, 0.717) is 17.3 Å². The molecule has 0 radical (unpaired) electrons. The summed E-state index contributed by atoms with van der Waals surface area (Å²) in [5, 5.41) is 4.60. The second-order valence-electron chi connectivity index (χ2n) is 4.77. The molecule has 0 aliphatic carbocycles. The lowest BCUT2D eigenvalue weighted by Crippen LogP contribution is -2.24. The number of hydrogen-bond donors (Lipinski definition) is 1. The molecule has 114 valence electrons. The fourth-order valence-electron chi connectivity index (χ4n) is 2.24. The maximum absolute atomic E-state index is 12.4. The van der Waals surface area contributed by atoms with Gasteiger partial charge in [-0.25, -0.2) is 4.98 Å². The third-order valence-corrected chi connectivity index (χ3v) is 5.60. The van der Waals surface area contributed by atoms with Crippen LogP contribution in [0.4, 0.5) is 0 Å². The largest absolute Gasteiger partial charge is 0.346 e. The van der Waals surface area contributed by atoms with Crippen molar-refractivity contribution in [1.29, 1.82) is 0 Å². The highest BCUT2D eigenvalue weighted by atomic mass is 35.5. The van der Waals surface area contributed by atoms with Crippen molar-refractivity contribution in [2.45, 2.75) is 10.9 Å². The molecule has 0 fully saturated rings. The third kappa shape index (κ3) is 2.99. The Bertz CT molecular complexity index is 841. The summed E-state index contributed by atoms with van der Waals surface area (Å²) in [6.45, 7) is 0.485. The zero-order valence-corrected chi connectivity index (χ0v) is 14.5. The minimum absolute atomic E-state index is 0.103. The summed E-state index contributed by atoms with van der Waals surface area (Å²) < 4.78 is 2.86. The van der Waals surface area contributed by atoms with Crippen LogP contribution in [0.25, 0.3) is 10.9 Å². The van der Waals surface area contributed by atoms with Crippen LogP contribution in [0.2, 0.25) is 5.02 Å². The molecule has 22 heavy (non-hydrogen) atoms. The molecule has 3 rings (SSSR count). The van der Waals surface area contributed by atoms with Gasteiger partial charge in [-0.3, -0.25) is 4.79 Å². The lowest BCUT2D eigenvalue weighted by atomic mass is 10.2. The summed E-state index contributed by atoms with van der Waals surface area (Å²) in [7, 11) is 1.87. The Morgan fingerprint density at radius 1 is 1.45 bits per heavy atom. The number of rotatable bonds is 4. The second-order valence-corrected chi connectivity index (χ2v) is 7.38. The summed E-state index contributed by atoms with van der Waals surface area (Å²) >= 11 is 9.21. The van der Waals surface area contributed by atoms with Crippen LogP contribution in [0.1, 0.15) is 15.4 Å². The van der Waals surface area contributed by atoms with Crippen molar-refractivity contribution in [3.05, 3.63) is 46.1 Å². The summed E-state index contributed by atoms with van der Waals surface area (Å²) in [5.74, 6) is -0.103. The first-order valence-corrected chi connectivity index (χ1v) is 9.02.